The highest BCUT2D eigenvalue weighted by atomic mass is 79.9. The van der Waals surface area contributed by atoms with Gasteiger partial charge in [-0.1, -0.05) is 47.3 Å². The van der Waals surface area contributed by atoms with Crippen LogP contribution in [-0.4, -0.2) is 50.9 Å². The maximum atomic E-state index is 14.0. The normalized spacial score (nSPS) is 14.6. The molecule has 0 unspecified atom stereocenters. The molecule has 1 fully saturated rings. The van der Waals surface area contributed by atoms with Crippen molar-refractivity contribution in [3.63, 3.8) is 0 Å². The average molecular weight is 661 g/mol. The van der Waals surface area contributed by atoms with E-state index in [9.17, 15) is 22.4 Å². The van der Waals surface area contributed by atoms with Crippen LogP contribution in [0.25, 0.3) is 0 Å². The molecule has 3 aromatic carbocycles. The van der Waals surface area contributed by atoms with Crippen molar-refractivity contribution in [3.8, 4) is 5.75 Å². The minimum absolute atomic E-state index is 0.0442. The lowest BCUT2D eigenvalue weighted by atomic mass is 9.95. The van der Waals surface area contributed by atoms with Crippen molar-refractivity contribution < 1.29 is 27.1 Å². The van der Waals surface area contributed by atoms with E-state index < -0.39 is 34.3 Å². The van der Waals surface area contributed by atoms with Crippen LogP contribution in [0.2, 0.25) is 0 Å². The van der Waals surface area contributed by atoms with Crippen LogP contribution < -0.4 is 14.4 Å². The van der Waals surface area contributed by atoms with Crippen molar-refractivity contribution >= 4 is 43.5 Å². The molecule has 2 amide bonds. The number of nitrogens with zero attached hydrogens (tertiary/aromatic N) is 2. The van der Waals surface area contributed by atoms with Gasteiger partial charge < -0.3 is 15.0 Å². The summed E-state index contributed by atoms with van der Waals surface area (Å²) in [5, 5.41) is 3.08. The van der Waals surface area contributed by atoms with Crippen LogP contribution in [0.4, 0.5) is 10.1 Å². The first-order chi connectivity index (χ1) is 20.1. The van der Waals surface area contributed by atoms with E-state index in [2.05, 4.69) is 21.2 Å². The highest BCUT2D eigenvalue weighted by molar-refractivity contribution is 9.10. The number of anilines is 1. The Hall–Kier alpha value is -3.44. The first-order valence-electron chi connectivity index (χ1n) is 13.8. The molecule has 4 rings (SSSR count). The molecular formula is C31H35BrFN3O5S. The fraction of sp³-hybridized carbons (Fsp3) is 0.355. The standard InChI is InChI=1S/C31H35BrFN3O5S/c1-22(31(38)34-26-9-4-3-5-10-26)35(20-23-7-6-8-24(32)19-23)30(37)21-36(27-13-11-25(33)12-14-27)42(39,40)29-17-15-28(41-2)16-18-29/h6-8,11-19,22,26H,3-5,9-10,20-21H2,1-2H3,(H,34,38)/t22-/m1/s1. The number of carbonyl (C=O) groups excluding carboxylic acids is 2. The van der Waals surface area contributed by atoms with Gasteiger partial charge in [-0.3, -0.25) is 13.9 Å². The predicted octanol–water partition coefficient (Wildman–Crippen LogP) is 5.66. The van der Waals surface area contributed by atoms with E-state index in [1.165, 1.54) is 48.4 Å². The molecule has 0 radical (unpaired) electrons. The molecule has 8 nitrogen and oxygen atoms in total. The minimum atomic E-state index is -4.27. The average Bonchev–Trinajstić information content (AvgIpc) is 2.99. The Labute approximate surface area is 255 Å². The third-order valence-corrected chi connectivity index (χ3v) is 9.68. The van der Waals surface area contributed by atoms with E-state index in [1.54, 1.807) is 6.92 Å². The van der Waals surface area contributed by atoms with Gasteiger partial charge in [0.15, 0.2) is 0 Å². The Morgan fingerprint density at radius 1 is 1.02 bits per heavy atom. The molecule has 0 aromatic heterocycles. The van der Waals surface area contributed by atoms with E-state index >= 15 is 0 Å². The molecule has 11 heteroatoms. The molecule has 0 aliphatic heterocycles. The summed E-state index contributed by atoms with van der Waals surface area (Å²) < 4.78 is 48.5. The van der Waals surface area contributed by atoms with Gasteiger partial charge >= 0.3 is 0 Å². The molecule has 0 bridgehead atoms. The van der Waals surface area contributed by atoms with Gasteiger partial charge in [-0.05, 0) is 86.0 Å². The second-order valence-electron chi connectivity index (χ2n) is 10.3. The van der Waals surface area contributed by atoms with Gasteiger partial charge in [0, 0.05) is 17.1 Å². The van der Waals surface area contributed by atoms with Crippen LogP contribution in [0.3, 0.4) is 0 Å². The van der Waals surface area contributed by atoms with Crippen molar-refractivity contribution in [2.45, 2.75) is 62.6 Å². The number of hydrogen-bond donors (Lipinski definition) is 1. The summed E-state index contributed by atoms with van der Waals surface area (Å²) >= 11 is 3.45. The van der Waals surface area contributed by atoms with Crippen LogP contribution in [0, 0.1) is 5.82 Å². The summed E-state index contributed by atoms with van der Waals surface area (Å²) in [6.07, 6.45) is 4.98. The molecule has 0 spiro atoms. The molecule has 0 saturated heterocycles. The number of methoxy groups -OCH3 is 1. The predicted molar refractivity (Wildman–Crippen MR) is 163 cm³/mol. The van der Waals surface area contributed by atoms with Gasteiger partial charge in [-0.15, -0.1) is 0 Å². The Balaban J connectivity index is 1.67. The largest absolute Gasteiger partial charge is 0.497 e. The number of benzene rings is 3. The van der Waals surface area contributed by atoms with E-state index in [-0.39, 0.29) is 29.1 Å². The summed E-state index contributed by atoms with van der Waals surface area (Å²) in [5.74, 6) is -0.952. The van der Waals surface area contributed by atoms with Gasteiger partial charge in [-0.2, -0.15) is 0 Å². The number of nitrogens with one attached hydrogen (secondary N) is 1. The van der Waals surface area contributed by atoms with Gasteiger partial charge in [-0.25, -0.2) is 12.8 Å². The molecule has 1 N–H and O–H groups in total. The minimum Gasteiger partial charge on any atom is -0.497 e. The van der Waals surface area contributed by atoms with E-state index in [0.29, 0.717) is 5.75 Å². The second-order valence-corrected chi connectivity index (χ2v) is 13.1. The van der Waals surface area contributed by atoms with E-state index in [4.69, 9.17) is 4.74 Å². The third kappa shape index (κ3) is 7.89. The van der Waals surface area contributed by atoms with Crippen LogP contribution in [0.15, 0.2) is 82.2 Å². The number of amides is 2. The molecule has 0 heterocycles. The fourth-order valence-electron chi connectivity index (χ4n) is 4.99. The van der Waals surface area contributed by atoms with Crippen molar-refractivity contribution in [1.29, 1.82) is 0 Å². The van der Waals surface area contributed by atoms with Crippen LogP contribution >= 0.6 is 15.9 Å². The highest BCUT2D eigenvalue weighted by Gasteiger charge is 2.33. The number of carbonyl (C=O) groups is 2. The molecule has 1 aliphatic rings. The maximum absolute atomic E-state index is 14.0. The molecular weight excluding hydrogens is 625 g/mol. The SMILES string of the molecule is COc1ccc(S(=O)(=O)N(CC(=O)N(Cc2cccc(Br)c2)[C@H](C)C(=O)NC2CCCCC2)c2ccc(F)cc2)cc1. The zero-order valence-corrected chi connectivity index (χ0v) is 26.0. The number of rotatable bonds is 11. The monoisotopic (exact) mass is 659 g/mol. The fourth-order valence-corrected chi connectivity index (χ4v) is 6.86. The lowest BCUT2D eigenvalue weighted by Gasteiger charge is -2.33. The van der Waals surface area contributed by atoms with Gasteiger partial charge in [0.2, 0.25) is 11.8 Å². The van der Waals surface area contributed by atoms with Gasteiger partial charge in [0.05, 0.1) is 17.7 Å². The highest BCUT2D eigenvalue weighted by Crippen LogP contribution is 2.27. The Bertz CT molecular complexity index is 1480. The zero-order chi connectivity index (χ0) is 30.3. The molecule has 1 aliphatic carbocycles. The number of hydrogen-bond acceptors (Lipinski definition) is 5. The Morgan fingerprint density at radius 3 is 2.31 bits per heavy atom. The summed E-state index contributed by atoms with van der Waals surface area (Å²) in [5.41, 5.74) is 0.878. The van der Waals surface area contributed by atoms with Crippen LogP contribution in [0.1, 0.15) is 44.6 Å². The van der Waals surface area contributed by atoms with E-state index in [1.807, 2.05) is 24.3 Å². The van der Waals surface area contributed by atoms with Crippen molar-refractivity contribution in [2.24, 2.45) is 0 Å². The first kappa shape index (κ1) is 31.5. The number of sulfonamides is 1. The van der Waals surface area contributed by atoms with Gasteiger partial charge in [0.1, 0.15) is 24.2 Å². The molecule has 224 valence electrons. The Morgan fingerprint density at radius 2 is 1.69 bits per heavy atom. The number of ether oxygens (including phenoxy) is 1. The Kier molecular flexibility index (Phi) is 10.6. The summed E-state index contributed by atoms with van der Waals surface area (Å²) in [4.78, 5) is 28.7. The maximum Gasteiger partial charge on any atom is 0.264 e. The lowest BCUT2D eigenvalue weighted by Crippen LogP contribution is -2.53. The van der Waals surface area contributed by atoms with Gasteiger partial charge in [0.25, 0.3) is 10.0 Å². The third-order valence-electron chi connectivity index (χ3n) is 7.40. The van der Waals surface area contributed by atoms with E-state index in [0.717, 1.165) is 58.6 Å². The molecule has 1 atom stereocenters. The summed E-state index contributed by atoms with van der Waals surface area (Å²) in [7, 11) is -2.80. The molecule has 1 saturated carbocycles. The first-order valence-corrected chi connectivity index (χ1v) is 16.1. The quantitative estimate of drug-likeness (QED) is 0.287. The van der Waals surface area contributed by atoms with Crippen LogP contribution in [0.5, 0.6) is 5.75 Å². The molecule has 42 heavy (non-hydrogen) atoms. The summed E-state index contributed by atoms with van der Waals surface area (Å²) in [6, 6.07) is 17.2. The topological polar surface area (TPSA) is 96.0 Å². The molecule has 3 aromatic rings. The van der Waals surface area contributed by atoms with Crippen molar-refractivity contribution in [3.05, 3.63) is 88.6 Å². The number of halogens is 2. The second kappa shape index (κ2) is 14.2. The lowest BCUT2D eigenvalue weighted by molar-refractivity contribution is -0.139. The van der Waals surface area contributed by atoms with Crippen LogP contribution in [-0.2, 0) is 26.2 Å². The van der Waals surface area contributed by atoms with Crippen molar-refractivity contribution in [2.75, 3.05) is 18.0 Å². The summed E-state index contributed by atoms with van der Waals surface area (Å²) in [6.45, 7) is 1.13. The van der Waals surface area contributed by atoms with Crippen molar-refractivity contribution in [1.82, 2.24) is 10.2 Å². The zero-order valence-electron chi connectivity index (χ0n) is 23.6. The smallest absolute Gasteiger partial charge is 0.264 e.